The van der Waals surface area contributed by atoms with Gasteiger partial charge in [0.2, 0.25) is 5.91 Å². The minimum Gasteiger partial charge on any atom is -0.481 e. The lowest BCUT2D eigenvalue weighted by Crippen LogP contribution is -2.45. The number of carboxylic acids is 1. The molecule has 1 N–H and O–H groups in total. The van der Waals surface area contributed by atoms with Gasteiger partial charge in [0, 0.05) is 39.0 Å². The van der Waals surface area contributed by atoms with Gasteiger partial charge in [-0.25, -0.2) is 0 Å². The van der Waals surface area contributed by atoms with Crippen LogP contribution in [0.15, 0.2) is 0 Å². The molecule has 0 saturated carbocycles. The average Bonchev–Trinajstić information content (AvgIpc) is 2.76. The largest absolute Gasteiger partial charge is 0.481 e. The molecule has 5 nitrogen and oxygen atoms in total. The summed E-state index contributed by atoms with van der Waals surface area (Å²) < 4.78 is 0. The Labute approximate surface area is 108 Å². The molecule has 1 unspecified atom stereocenters. The quantitative estimate of drug-likeness (QED) is 0.809. The van der Waals surface area contributed by atoms with Crippen LogP contribution in [0, 0.1) is 5.92 Å². The van der Waals surface area contributed by atoms with E-state index in [1.54, 1.807) is 6.92 Å². The lowest BCUT2D eigenvalue weighted by molar-refractivity contribution is -0.138. The zero-order valence-electron chi connectivity index (χ0n) is 11.0. The average molecular weight is 254 g/mol. The summed E-state index contributed by atoms with van der Waals surface area (Å²) in [6, 6.07) is 0.541. The summed E-state index contributed by atoms with van der Waals surface area (Å²) in [6.07, 6.45) is 3.35. The number of nitrogens with zero attached hydrogens (tertiary/aromatic N) is 2. The molecule has 0 radical (unpaired) electrons. The van der Waals surface area contributed by atoms with Crippen LogP contribution >= 0.6 is 0 Å². The first kappa shape index (κ1) is 13.3. The minimum absolute atomic E-state index is 0.165. The Balaban J connectivity index is 1.77. The first-order chi connectivity index (χ1) is 8.56. The summed E-state index contributed by atoms with van der Waals surface area (Å²) in [5.41, 5.74) is 0. The van der Waals surface area contributed by atoms with Gasteiger partial charge in [-0.2, -0.15) is 0 Å². The van der Waals surface area contributed by atoms with E-state index in [0.29, 0.717) is 18.4 Å². The highest BCUT2D eigenvalue weighted by molar-refractivity contribution is 5.73. The molecule has 2 saturated heterocycles. The van der Waals surface area contributed by atoms with E-state index in [0.717, 1.165) is 45.4 Å². The first-order valence-electron chi connectivity index (χ1n) is 6.77. The number of piperidine rings is 1. The molecule has 2 heterocycles. The van der Waals surface area contributed by atoms with Gasteiger partial charge in [-0.3, -0.25) is 14.5 Å². The Morgan fingerprint density at radius 2 is 1.83 bits per heavy atom. The van der Waals surface area contributed by atoms with Crippen LogP contribution in [0.1, 0.15) is 32.6 Å². The topological polar surface area (TPSA) is 60.9 Å². The molecule has 0 aromatic rings. The van der Waals surface area contributed by atoms with Crippen LogP contribution in [0.5, 0.6) is 0 Å². The van der Waals surface area contributed by atoms with Crippen molar-refractivity contribution in [1.82, 2.24) is 9.80 Å². The van der Waals surface area contributed by atoms with Crippen molar-refractivity contribution in [2.45, 2.75) is 38.6 Å². The predicted octanol–water partition coefficient (Wildman–Crippen LogP) is 0.794. The number of hydrogen-bond acceptors (Lipinski definition) is 3. The van der Waals surface area contributed by atoms with Gasteiger partial charge in [-0.05, 0) is 31.7 Å². The highest BCUT2D eigenvalue weighted by Gasteiger charge is 2.31. The summed E-state index contributed by atoms with van der Waals surface area (Å²) in [7, 11) is 0. The van der Waals surface area contributed by atoms with E-state index in [1.807, 2.05) is 4.90 Å². The van der Waals surface area contributed by atoms with Gasteiger partial charge in [-0.1, -0.05) is 0 Å². The smallest absolute Gasteiger partial charge is 0.303 e. The van der Waals surface area contributed by atoms with Crippen LogP contribution in [0.4, 0.5) is 0 Å². The number of aliphatic carboxylic acids is 1. The van der Waals surface area contributed by atoms with E-state index in [-0.39, 0.29) is 5.91 Å². The molecule has 2 aliphatic rings. The Kier molecular flexibility index (Phi) is 4.22. The minimum atomic E-state index is -0.687. The fourth-order valence-electron chi connectivity index (χ4n) is 3.15. The lowest BCUT2D eigenvalue weighted by Gasteiger charge is -2.36. The van der Waals surface area contributed by atoms with Crippen molar-refractivity contribution >= 4 is 11.9 Å². The van der Waals surface area contributed by atoms with E-state index < -0.39 is 5.97 Å². The van der Waals surface area contributed by atoms with Gasteiger partial charge in [0.05, 0.1) is 0 Å². The predicted molar refractivity (Wildman–Crippen MR) is 67.2 cm³/mol. The van der Waals surface area contributed by atoms with E-state index in [2.05, 4.69) is 4.90 Å². The normalized spacial score (nSPS) is 26.5. The monoisotopic (exact) mass is 254 g/mol. The number of amides is 1. The summed E-state index contributed by atoms with van der Waals surface area (Å²) in [4.78, 5) is 26.3. The van der Waals surface area contributed by atoms with Crippen molar-refractivity contribution in [3.05, 3.63) is 0 Å². The molecule has 0 aliphatic carbocycles. The number of carboxylic acid groups (broad SMARTS) is 1. The fourth-order valence-corrected chi connectivity index (χ4v) is 3.15. The van der Waals surface area contributed by atoms with Gasteiger partial charge in [-0.15, -0.1) is 0 Å². The maximum atomic E-state index is 11.2. The molecular weight excluding hydrogens is 232 g/mol. The van der Waals surface area contributed by atoms with E-state index in [1.165, 1.54) is 0 Å². The van der Waals surface area contributed by atoms with Crippen LogP contribution in [-0.2, 0) is 9.59 Å². The van der Waals surface area contributed by atoms with Crippen molar-refractivity contribution in [3.8, 4) is 0 Å². The third-order valence-corrected chi connectivity index (χ3v) is 4.21. The molecule has 18 heavy (non-hydrogen) atoms. The second-order valence-corrected chi connectivity index (χ2v) is 5.48. The zero-order valence-corrected chi connectivity index (χ0v) is 11.0. The summed E-state index contributed by atoms with van der Waals surface area (Å²) in [6.45, 7) is 5.25. The molecule has 1 amide bonds. The van der Waals surface area contributed by atoms with Crippen LogP contribution in [0.3, 0.4) is 0 Å². The van der Waals surface area contributed by atoms with Crippen molar-refractivity contribution in [3.63, 3.8) is 0 Å². The molecule has 2 fully saturated rings. The van der Waals surface area contributed by atoms with E-state index in [9.17, 15) is 9.59 Å². The number of likely N-dealkylation sites (tertiary alicyclic amines) is 2. The SMILES string of the molecule is CC(=O)N1CCC(N2CCC(CC(=O)O)C2)CC1. The maximum Gasteiger partial charge on any atom is 0.303 e. The number of hydrogen-bond donors (Lipinski definition) is 1. The standard InChI is InChI=1S/C13H22N2O3/c1-10(16)14-6-3-12(4-7-14)15-5-2-11(9-15)8-13(17)18/h11-12H,2-9H2,1H3,(H,17,18). The first-order valence-corrected chi connectivity index (χ1v) is 6.77. The second kappa shape index (κ2) is 5.69. The van der Waals surface area contributed by atoms with Crippen LogP contribution in [-0.4, -0.2) is 59.0 Å². The van der Waals surface area contributed by atoms with Gasteiger partial charge >= 0.3 is 5.97 Å². The molecule has 1 atom stereocenters. The van der Waals surface area contributed by atoms with Gasteiger partial charge in [0.25, 0.3) is 0 Å². The van der Waals surface area contributed by atoms with Crippen molar-refractivity contribution < 1.29 is 14.7 Å². The van der Waals surface area contributed by atoms with Crippen molar-refractivity contribution in [2.24, 2.45) is 5.92 Å². The van der Waals surface area contributed by atoms with Crippen molar-refractivity contribution in [1.29, 1.82) is 0 Å². The van der Waals surface area contributed by atoms with E-state index in [4.69, 9.17) is 5.11 Å². The van der Waals surface area contributed by atoms with E-state index >= 15 is 0 Å². The summed E-state index contributed by atoms with van der Waals surface area (Å²) in [5, 5.41) is 8.80. The van der Waals surface area contributed by atoms with Crippen molar-refractivity contribution in [2.75, 3.05) is 26.2 Å². The number of rotatable bonds is 3. The zero-order chi connectivity index (χ0) is 13.1. The number of carbonyl (C=O) groups excluding carboxylic acids is 1. The second-order valence-electron chi connectivity index (χ2n) is 5.48. The molecule has 0 spiro atoms. The number of carbonyl (C=O) groups is 2. The highest BCUT2D eigenvalue weighted by atomic mass is 16.4. The van der Waals surface area contributed by atoms with Gasteiger partial charge in [0.1, 0.15) is 0 Å². The van der Waals surface area contributed by atoms with Crippen LogP contribution in [0.2, 0.25) is 0 Å². The Morgan fingerprint density at radius 1 is 1.17 bits per heavy atom. The Hall–Kier alpha value is -1.10. The molecule has 2 aliphatic heterocycles. The third-order valence-electron chi connectivity index (χ3n) is 4.21. The molecule has 5 heteroatoms. The molecule has 2 rings (SSSR count). The molecule has 102 valence electrons. The van der Waals surface area contributed by atoms with Crippen LogP contribution in [0.25, 0.3) is 0 Å². The molecule has 0 bridgehead atoms. The Morgan fingerprint density at radius 3 is 2.39 bits per heavy atom. The fraction of sp³-hybridized carbons (Fsp3) is 0.846. The molecular formula is C13H22N2O3. The maximum absolute atomic E-state index is 11.2. The Bertz CT molecular complexity index is 324. The summed E-state index contributed by atoms with van der Waals surface area (Å²) >= 11 is 0. The third kappa shape index (κ3) is 3.22. The summed E-state index contributed by atoms with van der Waals surface area (Å²) in [5.74, 6) is -0.208. The molecule has 0 aromatic carbocycles. The van der Waals surface area contributed by atoms with Crippen LogP contribution < -0.4 is 0 Å². The van der Waals surface area contributed by atoms with Gasteiger partial charge < -0.3 is 10.0 Å². The molecule has 0 aromatic heterocycles. The lowest BCUT2D eigenvalue weighted by atomic mass is 10.0. The van der Waals surface area contributed by atoms with Gasteiger partial charge in [0.15, 0.2) is 0 Å². The highest BCUT2D eigenvalue weighted by Crippen LogP contribution is 2.26.